The van der Waals surface area contributed by atoms with E-state index in [2.05, 4.69) is 11.4 Å². The summed E-state index contributed by atoms with van der Waals surface area (Å²) in [5, 5.41) is 4.71. The number of carbonyl (C=O) groups excluding carboxylic acids is 2. The van der Waals surface area contributed by atoms with E-state index in [-0.39, 0.29) is 18.1 Å². The summed E-state index contributed by atoms with van der Waals surface area (Å²) in [6, 6.07) is 9.23. The molecule has 1 N–H and O–H groups in total. The Hall–Kier alpha value is -1.86. The highest BCUT2D eigenvalue weighted by atomic mass is 32.2. The fourth-order valence-electron chi connectivity index (χ4n) is 1.71. The molecule has 0 spiro atoms. The monoisotopic (exact) mass is 353 g/mol. The molecule has 0 bridgehead atoms. The fourth-order valence-corrected chi connectivity index (χ4v) is 3.41. The second kappa shape index (κ2) is 9.32. The van der Waals surface area contributed by atoms with Crippen LogP contribution in [0.25, 0.3) is 0 Å². The highest BCUT2D eigenvalue weighted by molar-refractivity contribution is 7.98. The van der Waals surface area contributed by atoms with Crippen molar-refractivity contribution in [2.45, 2.75) is 5.75 Å². The van der Waals surface area contributed by atoms with E-state index in [1.807, 2.05) is 11.4 Å². The molecule has 7 heteroatoms. The lowest BCUT2D eigenvalue weighted by Gasteiger charge is -2.06. The third-order valence-corrected chi connectivity index (χ3v) is 4.85. The highest BCUT2D eigenvalue weighted by Crippen LogP contribution is 2.16. The Balaban J connectivity index is 1.58. The summed E-state index contributed by atoms with van der Waals surface area (Å²) in [5.41, 5.74) is 0.0873. The lowest BCUT2D eigenvalue weighted by molar-refractivity contribution is -0.124. The van der Waals surface area contributed by atoms with Gasteiger partial charge in [-0.25, -0.2) is 9.18 Å². The first-order chi connectivity index (χ1) is 11.1. The van der Waals surface area contributed by atoms with Gasteiger partial charge in [0, 0.05) is 22.9 Å². The predicted octanol–water partition coefficient (Wildman–Crippen LogP) is 3.09. The van der Waals surface area contributed by atoms with Gasteiger partial charge in [-0.05, 0) is 29.6 Å². The van der Waals surface area contributed by atoms with E-state index in [4.69, 9.17) is 4.74 Å². The number of carbonyl (C=O) groups is 2. The summed E-state index contributed by atoms with van der Waals surface area (Å²) in [4.78, 5) is 24.5. The number of esters is 1. The molecular formula is C16H16FNO3S2. The SMILES string of the molecule is O=C(COC(=O)c1cccc(F)c1)NCCSCc1cccs1. The molecule has 2 aromatic rings. The minimum absolute atomic E-state index is 0.0873. The number of nitrogens with one attached hydrogen (secondary N) is 1. The van der Waals surface area contributed by atoms with Crippen LogP contribution in [0.4, 0.5) is 4.39 Å². The molecule has 4 nitrogen and oxygen atoms in total. The molecule has 1 aromatic heterocycles. The molecule has 2 rings (SSSR count). The number of halogens is 1. The largest absolute Gasteiger partial charge is 0.452 e. The van der Waals surface area contributed by atoms with Crippen LogP contribution in [0.15, 0.2) is 41.8 Å². The smallest absolute Gasteiger partial charge is 0.338 e. The zero-order valence-corrected chi connectivity index (χ0v) is 13.9. The van der Waals surface area contributed by atoms with E-state index in [9.17, 15) is 14.0 Å². The Morgan fingerprint density at radius 1 is 1.26 bits per heavy atom. The zero-order chi connectivity index (χ0) is 16.5. The van der Waals surface area contributed by atoms with Crippen LogP contribution < -0.4 is 5.32 Å². The van der Waals surface area contributed by atoms with Crippen molar-refractivity contribution in [3.8, 4) is 0 Å². The third-order valence-electron chi connectivity index (χ3n) is 2.79. The van der Waals surface area contributed by atoms with Crippen molar-refractivity contribution in [2.75, 3.05) is 18.9 Å². The van der Waals surface area contributed by atoms with Gasteiger partial charge in [0.1, 0.15) is 5.82 Å². The molecule has 1 amide bonds. The molecule has 0 saturated carbocycles. The van der Waals surface area contributed by atoms with Crippen molar-refractivity contribution in [1.29, 1.82) is 0 Å². The Kier molecular flexibility index (Phi) is 7.09. The second-order valence-electron chi connectivity index (χ2n) is 4.57. The van der Waals surface area contributed by atoms with Gasteiger partial charge in [0.05, 0.1) is 5.56 Å². The minimum atomic E-state index is -0.716. The molecule has 1 heterocycles. The van der Waals surface area contributed by atoms with Crippen LogP contribution >= 0.6 is 23.1 Å². The van der Waals surface area contributed by atoms with E-state index in [0.29, 0.717) is 6.54 Å². The van der Waals surface area contributed by atoms with Crippen LogP contribution in [-0.2, 0) is 15.3 Å². The molecule has 0 unspecified atom stereocenters. The number of thiophene rings is 1. The first-order valence-corrected chi connectivity index (χ1v) is 8.98. The van der Waals surface area contributed by atoms with Crippen molar-refractivity contribution < 1.29 is 18.7 Å². The average Bonchev–Trinajstić information content (AvgIpc) is 3.05. The first-order valence-electron chi connectivity index (χ1n) is 6.94. The van der Waals surface area contributed by atoms with Gasteiger partial charge in [-0.3, -0.25) is 4.79 Å². The molecule has 122 valence electrons. The van der Waals surface area contributed by atoms with Crippen molar-refractivity contribution in [3.63, 3.8) is 0 Å². The van der Waals surface area contributed by atoms with Gasteiger partial charge in [0.2, 0.25) is 0 Å². The normalized spacial score (nSPS) is 10.3. The van der Waals surface area contributed by atoms with Gasteiger partial charge in [-0.15, -0.1) is 11.3 Å². The maximum Gasteiger partial charge on any atom is 0.338 e. The van der Waals surface area contributed by atoms with Crippen molar-refractivity contribution in [3.05, 3.63) is 58.0 Å². The van der Waals surface area contributed by atoms with Crippen LogP contribution in [0.3, 0.4) is 0 Å². The van der Waals surface area contributed by atoms with E-state index >= 15 is 0 Å². The Morgan fingerprint density at radius 2 is 2.13 bits per heavy atom. The third kappa shape index (κ3) is 6.42. The lowest BCUT2D eigenvalue weighted by atomic mass is 10.2. The molecule has 0 aliphatic carbocycles. The summed E-state index contributed by atoms with van der Waals surface area (Å²) in [5.74, 6) is 0.0914. The number of hydrogen-bond acceptors (Lipinski definition) is 5. The molecule has 0 aliphatic rings. The maximum absolute atomic E-state index is 13.0. The standard InChI is InChI=1S/C16H16FNO3S2/c17-13-4-1-3-12(9-13)16(20)21-10-15(19)18-6-8-22-11-14-5-2-7-23-14/h1-5,7,9H,6,8,10-11H2,(H,18,19). The average molecular weight is 353 g/mol. The number of amides is 1. The summed E-state index contributed by atoms with van der Waals surface area (Å²) in [6.07, 6.45) is 0. The fraction of sp³-hybridized carbons (Fsp3) is 0.250. The van der Waals surface area contributed by atoms with Crippen LogP contribution in [0.5, 0.6) is 0 Å². The molecular weight excluding hydrogens is 337 g/mol. The van der Waals surface area contributed by atoms with Gasteiger partial charge in [0.25, 0.3) is 5.91 Å². The van der Waals surface area contributed by atoms with Crippen molar-refractivity contribution >= 4 is 35.0 Å². The number of hydrogen-bond donors (Lipinski definition) is 1. The Morgan fingerprint density at radius 3 is 2.87 bits per heavy atom. The van der Waals surface area contributed by atoms with Gasteiger partial charge >= 0.3 is 5.97 Å². The second-order valence-corrected chi connectivity index (χ2v) is 6.71. The molecule has 1 aromatic carbocycles. The molecule has 0 aliphatic heterocycles. The molecule has 0 radical (unpaired) electrons. The highest BCUT2D eigenvalue weighted by Gasteiger charge is 2.10. The number of rotatable bonds is 8. The summed E-state index contributed by atoms with van der Waals surface area (Å²) >= 11 is 3.43. The van der Waals surface area contributed by atoms with Gasteiger partial charge in [0.15, 0.2) is 6.61 Å². The van der Waals surface area contributed by atoms with E-state index in [1.54, 1.807) is 23.1 Å². The number of thioether (sulfide) groups is 1. The minimum Gasteiger partial charge on any atom is -0.452 e. The van der Waals surface area contributed by atoms with Gasteiger partial charge in [-0.2, -0.15) is 11.8 Å². The van der Waals surface area contributed by atoms with Crippen LogP contribution in [-0.4, -0.2) is 30.8 Å². The molecule has 0 saturated heterocycles. The van der Waals surface area contributed by atoms with Crippen molar-refractivity contribution in [2.24, 2.45) is 0 Å². The van der Waals surface area contributed by atoms with Crippen LogP contribution in [0.2, 0.25) is 0 Å². The molecule has 23 heavy (non-hydrogen) atoms. The van der Waals surface area contributed by atoms with E-state index < -0.39 is 11.8 Å². The van der Waals surface area contributed by atoms with E-state index in [1.165, 1.54) is 23.1 Å². The van der Waals surface area contributed by atoms with Gasteiger partial charge < -0.3 is 10.1 Å². The predicted molar refractivity (Wildman–Crippen MR) is 90.2 cm³/mol. The Labute approximate surface area is 142 Å². The topological polar surface area (TPSA) is 55.4 Å². The van der Waals surface area contributed by atoms with Crippen molar-refractivity contribution in [1.82, 2.24) is 5.32 Å². The number of benzene rings is 1. The Bertz CT molecular complexity index is 647. The first kappa shape index (κ1) is 17.5. The van der Waals surface area contributed by atoms with Crippen LogP contribution in [0.1, 0.15) is 15.2 Å². The summed E-state index contributed by atoms with van der Waals surface area (Å²) < 4.78 is 17.8. The summed E-state index contributed by atoms with van der Waals surface area (Å²) in [7, 11) is 0. The summed E-state index contributed by atoms with van der Waals surface area (Å²) in [6.45, 7) is 0.136. The van der Waals surface area contributed by atoms with Crippen LogP contribution in [0, 0.1) is 5.82 Å². The molecule has 0 atom stereocenters. The van der Waals surface area contributed by atoms with Gasteiger partial charge in [-0.1, -0.05) is 12.1 Å². The zero-order valence-electron chi connectivity index (χ0n) is 12.3. The lowest BCUT2D eigenvalue weighted by Crippen LogP contribution is -2.30. The maximum atomic E-state index is 13.0. The van der Waals surface area contributed by atoms with E-state index in [0.717, 1.165) is 17.6 Å². The molecule has 0 fully saturated rings. The quantitative estimate of drug-likeness (QED) is 0.585. The number of ether oxygens (including phenoxy) is 1.